The Balaban J connectivity index is 2.15. The summed E-state index contributed by atoms with van der Waals surface area (Å²) >= 11 is 0. The first-order chi connectivity index (χ1) is 9.54. The molecule has 1 aromatic carbocycles. The molecule has 2 aromatic rings. The van der Waals surface area contributed by atoms with E-state index in [0.717, 1.165) is 17.2 Å². The van der Waals surface area contributed by atoms with Crippen molar-refractivity contribution in [1.29, 1.82) is 0 Å². The standard InChI is InChI=1S/C14H15N3O3/c1-10-3-5-13(11(7-10)4-6-14(18)19)20-9-12-8-17(2)16-15-12/h3-8H,9H2,1-2H3,(H,18,19)/b6-4+. The number of aromatic nitrogens is 3. The summed E-state index contributed by atoms with van der Waals surface area (Å²) in [5.74, 6) is -0.384. The number of nitrogens with zero attached hydrogens (tertiary/aromatic N) is 3. The van der Waals surface area contributed by atoms with Gasteiger partial charge in [0, 0.05) is 18.7 Å². The second-order valence-corrected chi connectivity index (χ2v) is 4.39. The van der Waals surface area contributed by atoms with Crippen LogP contribution >= 0.6 is 0 Å². The topological polar surface area (TPSA) is 77.2 Å². The number of aryl methyl sites for hydroxylation is 2. The first-order valence-electron chi connectivity index (χ1n) is 6.04. The van der Waals surface area contributed by atoms with E-state index in [1.807, 2.05) is 25.1 Å². The average molecular weight is 273 g/mol. The van der Waals surface area contributed by atoms with Gasteiger partial charge in [-0.2, -0.15) is 0 Å². The summed E-state index contributed by atoms with van der Waals surface area (Å²) in [4.78, 5) is 10.6. The molecule has 0 saturated heterocycles. The predicted molar refractivity (Wildman–Crippen MR) is 73.2 cm³/mol. The van der Waals surface area contributed by atoms with Crippen molar-refractivity contribution in [2.75, 3.05) is 0 Å². The van der Waals surface area contributed by atoms with Crippen molar-refractivity contribution in [2.45, 2.75) is 13.5 Å². The molecule has 1 N–H and O–H groups in total. The van der Waals surface area contributed by atoms with E-state index in [-0.39, 0.29) is 6.61 Å². The Morgan fingerprint density at radius 1 is 1.50 bits per heavy atom. The molecule has 0 unspecified atom stereocenters. The molecule has 0 saturated carbocycles. The normalized spacial score (nSPS) is 10.9. The number of hydrogen-bond donors (Lipinski definition) is 1. The number of benzene rings is 1. The van der Waals surface area contributed by atoms with Gasteiger partial charge in [0.15, 0.2) is 0 Å². The third-order valence-corrected chi connectivity index (χ3v) is 2.60. The Labute approximate surface area is 116 Å². The Morgan fingerprint density at radius 2 is 2.30 bits per heavy atom. The van der Waals surface area contributed by atoms with Crippen LogP contribution in [0.2, 0.25) is 0 Å². The fraction of sp³-hybridized carbons (Fsp3) is 0.214. The van der Waals surface area contributed by atoms with Crippen LogP contribution in [0.5, 0.6) is 5.75 Å². The molecule has 6 nitrogen and oxygen atoms in total. The summed E-state index contributed by atoms with van der Waals surface area (Å²) in [6, 6.07) is 5.59. The number of carboxylic acid groups (broad SMARTS) is 1. The molecule has 20 heavy (non-hydrogen) atoms. The van der Waals surface area contributed by atoms with Gasteiger partial charge >= 0.3 is 5.97 Å². The number of ether oxygens (including phenoxy) is 1. The highest BCUT2D eigenvalue weighted by Gasteiger charge is 2.04. The molecule has 0 aliphatic rings. The third kappa shape index (κ3) is 3.68. The zero-order valence-electron chi connectivity index (χ0n) is 11.3. The average Bonchev–Trinajstić information content (AvgIpc) is 2.81. The summed E-state index contributed by atoms with van der Waals surface area (Å²) < 4.78 is 7.26. The van der Waals surface area contributed by atoms with Gasteiger partial charge in [-0.25, -0.2) is 4.79 Å². The van der Waals surface area contributed by atoms with Gasteiger partial charge in [0.05, 0.1) is 6.20 Å². The minimum Gasteiger partial charge on any atom is -0.487 e. The zero-order chi connectivity index (χ0) is 14.5. The van der Waals surface area contributed by atoms with Gasteiger partial charge in [0.25, 0.3) is 0 Å². The maximum absolute atomic E-state index is 10.6. The lowest BCUT2D eigenvalue weighted by Gasteiger charge is -2.08. The molecule has 0 amide bonds. The smallest absolute Gasteiger partial charge is 0.328 e. The zero-order valence-corrected chi connectivity index (χ0v) is 11.3. The summed E-state index contributed by atoms with van der Waals surface area (Å²) in [6.45, 7) is 2.22. The lowest BCUT2D eigenvalue weighted by Crippen LogP contribution is -1.98. The quantitative estimate of drug-likeness (QED) is 0.840. The number of hydrogen-bond acceptors (Lipinski definition) is 4. The first-order valence-corrected chi connectivity index (χ1v) is 6.04. The van der Waals surface area contributed by atoms with E-state index in [4.69, 9.17) is 9.84 Å². The van der Waals surface area contributed by atoms with Crippen LogP contribution in [0, 0.1) is 6.92 Å². The van der Waals surface area contributed by atoms with Gasteiger partial charge < -0.3 is 9.84 Å². The minimum absolute atomic E-state index is 0.283. The number of carbonyl (C=O) groups is 1. The van der Waals surface area contributed by atoms with Gasteiger partial charge in [0.1, 0.15) is 18.1 Å². The molecular weight excluding hydrogens is 258 g/mol. The molecule has 0 spiro atoms. The fourth-order valence-electron chi connectivity index (χ4n) is 1.70. The van der Waals surface area contributed by atoms with Crippen molar-refractivity contribution in [1.82, 2.24) is 15.0 Å². The van der Waals surface area contributed by atoms with E-state index < -0.39 is 5.97 Å². The molecule has 0 aliphatic heterocycles. The number of aliphatic carboxylic acids is 1. The molecular formula is C14H15N3O3. The highest BCUT2D eigenvalue weighted by atomic mass is 16.5. The predicted octanol–water partition coefficient (Wildman–Crippen LogP) is 1.80. The van der Waals surface area contributed by atoms with E-state index in [1.54, 1.807) is 17.9 Å². The maximum Gasteiger partial charge on any atom is 0.328 e. The van der Waals surface area contributed by atoms with E-state index in [1.165, 1.54) is 6.08 Å². The Bertz CT molecular complexity index is 647. The Hall–Kier alpha value is -2.63. The van der Waals surface area contributed by atoms with Crippen molar-refractivity contribution in [3.63, 3.8) is 0 Å². The van der Waals surface area contributed by atoms with Gasteiger partial charge in [-0.15, -0.1) is 5.10 Å². The molecule has 0 bridgehead atoms. The SMILES string of the molecule is Cc1ccc(OCc2cn(C)nn2)c(/C=C/C(=O)O)c1. The second kappa shape index (κ2) is 6.01. The van der Waals surface area contributed by atoms with E-state index in [2.05, 4.69) is 10.3 Å². The molecule has 1 aromatic heterocycles. The van der Waals surface area contributed by atoms with Crippen LogP contribution < -0.4 is 4.74 Å². The van der Waals surface area contributed by atoms with Crippen molar-refractivity contribution in [2.24, 2.45) is 7.05 Å². The Morgan fingerprint density at radius 3 is 2.95 bits per heavy atom. The van der Waals surface area contributed by atoms with E-state index in [0.29, 0.717) is 11.4 Å². The van der Waals surface area contributed by atoms with E-state index in [9.17, 15) is 4.79 Å². The number of rotatable bonds is 5. The van der Waals surface area contributed by atoms with Gasteiger partial charge in [-0.1, -0.05) is 16.8 Å². The monoisotopic (exact) mass is 273 g/mol. The lowest BCUT2D eigenvalue weighted by atomic mass is 10.1. The largest absolute Gasteiger partial charge is 0.487 e. The van der Waals surface area contributed by atoms with Gasteiger partial charge in [-0.05, 0) is 25.1 Å². The van der Waals surface area contributed by atoms with Crippen LogP contribution in [-0.4, -0.2) is 26.1 Å². The highest BCUT2D eigenvalue weighted by Crippen LogP contribution is 2.22. The summed E-state index contributed by atoms with van der Waals surface area (Å²) in [5, 5.41) is 16.4. The minimum atomic E-state index is -0.994. The van der Waals surface area contributed by atoms with Crippen molar-refractivity contribution in [3.8, 4) is 5.75 Å². The molecule has 0 aliphatic carbocycles. The van der Waals surface area contributed by atoms with E-state index >= 15 is 0 Å². The maximum atomic E-state index is 10.6. The highest BCUT2D eigenvalue weighted by molar-refractivity contribution is 5.85. The van der Waals surface area contributed by atoms with Crippen molar-refractivity contribution < 1.29 is 14.6 Å². The molecule has 1 heterocycles. The van der Waals surface area contributed by atoms with Crippen LogP contribution in [0.25, 0.3) is 6.08 Å². The van der Waals surface area contributed by atoms with Crippen LogP contribution in [0.1, 0.15) is 16.8 Å². The fourth-order valence-corrected chi connectivity index (χ4v) is 1.70. The molecule has 0 radical (unpaired) electrons. The van der Waals surface area contributed by atoms with Crippen LogP contribution in [0.4, 0.5) is 0 Å². The van der Waals surface area contributed by atoms with Crippen molar-refractivity contribution in [3.05, 3.63) is 47.3 Å². The van der Waals surface area contributed by atoms with Crippen molar-refractivity contribution >= 4 is 12.0 Å². The van der Waals surface area contributed by atoms with Gasteiger partial charge in [0.2, 0.25) is 0 Å². The second-order valence-electron chi connectivity index (χ2n) is 4.39. The van der Waals surface area contributed by atoms with Crippen LogP contribution in [0.15, 0.2) is 30.5 Å². The molecule has 2 rings (SSSR count). The summed E-state index contributed by atoms with van der Waals surface area (Å²) in [5.41, 5.74) is 2.46. The molecule has 104 valence electrons. The van der Waals surface area contributed by atoms with Crippen LogP contribution in [0.3, 0.4) is 0 Å². The Kier molecular flexibility index (Phi) is 4.14. The third-order valence-electron chi connectivity index (χ3n) is 2.60. The molecule has 6 heteroatoms. The summed E-state index contributed by atoms with van der Waals surface area (Å²) in [6.07, 6.45) is 4.37. The lowest BCUT2D eigenvalue weighted by molar-refractivity contribution is -0.131. The molecule has 0 atom stereocenters. The molecule has 0 fully saturated rings. The van der Waals surface area contributed by atoms with Crippen LogP contribution in [-0.2, 0) is 18.4 Å². The summed E-state index contributed by atoms with van der Waals surface area (Å²) in [7, 11) is 1.78. The van der Waals surface area contributed by atoms with Gasteiger partial charge in [-0.3, -0.25) is 4.68 Å². The first kappa shape index (κ1) is 13.8. The number of carboxylic acids is 1.